The summed E-state index contributed by atoms with van der Waals surface area (Å²) in [6.45, 7) is 5.38. The summed E-state index contributed by atoms with van der Waals surface area (Å²) >= 11 is 0. The minimum absolute atomic E-state index is 0.425. The molecule has 0 aromatic heterocycles. The third-order valence-corrected chi connectivity index (χ3v) is 5.07. The molecule has 210 valence electrons. The first-order chi connectivity index (χ1) is 18.5. The summed E-state index contributed by atoms with van der Waals surface area (Å²) in [5.41, 5.74) is 3.68. The van der Waals surface area contributed by atoms with Crippen LogP contribution in [0.25, 0.3) is 0 Å². The number of carbonyl (C=O) groups is 3. The van der Waals surface area contributed by atoms with E-state index in [2.05, 4.69) is 14.2 Å². The van der Waals surface area contributed by atoms with Gasteiger partial charge in [0.25, 0.3) is 0 Å². The zero-order chi connectivity index (χ0) is 29.5. The van der Waals surface area contributed by atoms with Gasteiger partial charge in [-0.25, -0.2) is 14.4 Å². The molecule has 0 aliphatic carbocycles. The molecule has 0 saturated heterocycles. The molecule has 0 heterocycles. The van der Waals surface area contributed by atoms with E-state index in [1.165, 1.54) is 21.3 Å². The Morgan fingerprint density at radius 1 is 0.487 bits per heavy atom. The first-order valence-corrected chi connectivity index (χ1v) is 11.4. The summed E-state index contributed by atoms with van der Waals surface area (Å²) in [5, 5.41) is 29.4. The highest BCUT2D eigenvalue weighted by Crippen LogP contribution is 2.19. The second kappa shape index (κ2) is 16.2. The molecule has 12 heteroatoms. The number of carbonyl (C=O) groups excluding carboxylic acids is 3. The Hall–Kier alpha value is -4.65. The van der Waals surface area contributed by atoms with E-state index in [0.29, 0.717) is 32.3 Å². The molecule has 0 atom stereocenters. The summed E-state index contributed by atoms with van der Waals surface area (Å²) in [6, 6.07) is 20.9. The van der Waals surface area contributed by atoms with Crippen LogP contribution in [0.15, 0.2) is 72.8 Å². The maximum atomic E-state index is 10.9. The number of hydroxylamine groups is 3. The molecule has 0 bridgehead atoms. The summed E-state index contributed by atoms with van der Waals surface area (Å²) in [7, 11) is 3.64. The van der Waals surface area contributed by atoms with Crippen molar-refractivity contribution in [1.82, 2.24) is 0 Å². The van der Waals surface area contributed by atoms with Gasteiger partial charge in [-0.3, -0.25) is 15.6 Å². The third kappa shape index (κ3) is 9.63. The van der Waals surface area contributed by atoms with Crippen LogP contribution in [-0.4, -0.2) is 55.2 Å². The van der Waals surface area contributed by atoms with Crippen molar-refractivity contribution in [3.05, 3.63) is 89.5 Å². The van der Waals surface area contributed by atoms with Gasteiger partial charge in [-0.1, -0.05) is 54.6 Å². The van der Waals surface area contributed by atoms with Gasteiger partial charge in [-0.15, -0.1) is 0 Å². The number of methoxy groups -OCH3 is 3. The number of rotatable bonds is 3. The van der Waals surface area contributed by atoms with Crippen molar-refractivity contribution in [3.8, 4) is 0 Å². The van der Waals surface area contributed by atoms with Gasteiger partial charge in [-0.2, -0.15) is 15.2 Å². The van der Waals surface area contributed by atoms with Crippen molar-refractivity contribution in [1.29, 1.82) is 0 Å². The van der Waals surface area contributed by atoms with Gasteiger partial charge >= 0.3 is 18.3 Å². The van der Waals surface area contributed by atoms with Gasteiger partial charge in [0.15, 0.2) is 0 Å². The van der Waals surface area contributed by atoms with Crippen LogP contribution < -0.4 is 15.2 Å². The molecule has 0 saturated carbocycles. The lowest BCUT2D eigenvalue weighted by atomic mass is 10.2. The molecule has 0 aliphatic heterocycles. The highest BCUT2D eigenvalue weighted by Gasteiger charge is 2.16. The molecule has 3 rings (SSSR count). The lowest BCUT2D eigenvalue weighted by molar-refractivity contribution is 0.140. The predicted molar refractivity (Wildman–Crippen MR) is 144 cm³/mol. The largest absolute Gasteiger partial charge is 0.451 e. The molecule has 12 nitrogen and oxygen atoms in total. The van der Waals surface area contributed by atoms with Gasteiger partial charge in [0, 0.05) is 0 Å². The molecule has 0 radical (unpaired) electrons. The van der Waals surface area contributed by atoms with Crippen molar-refractivity contribution in [2.75, 3.05) is 36.5 Å². The number of anilines is 3. The number of para-hydroxylation sites is 3. The van der Waals surface area contributed by atoms with Crippen LogP contribution in [0.4, 0.5) is 31.4 Å². The van der Waals surface area contributed by atoms with Gasteiger partial charge in [0.05, 0.1) is 38.4 Å². The van der Waals surface area contributed by atoms with Gasteiger partial charge in [0.1, 0.15) is 0 Å². The van der Waals surface area contributed by atoms with Crippen LogP contribution in [0.3, 0.4) is 0 Å². The molecule has 3 amide bonds. The quantitative estimate of drug-likeness (QED) is 0.209. The summed E-state index contributed by atoms with van der Waals surface area (Å²) in [5.74, 6) is 0. The lowest BCUT2D eigenvalue weighted by Crippen LogP contribution is -2.27. The van der Waals surface area contributed by atoms with Gasteiger partial charge < -0.3 is 14.2 Å². The molecule has 0 aliphatic rings. The van der Waals surface area contributed by atoms with Crippen molar-refractivity contribution in [2.45, 2.75) is 20.8 Å². The van der Waals surface area contributed by atoms with E-state index >= 15 is 0 Å². The fraction of sp³-hybridized carbons (Fsp3) is 0.222. The Kier molecular flexibility index (Phi) is 13.5. The standard InChI is InChI=1S/3C9H11NO3/c3*1-7-5-3-4-6-8(7)10(12)9(11)13-2/h3*3-6,12H,1-2H3. The number of aryl methyl sites for hydroxylation is 3. The number of hydrogen-bond donors (Lipinski definition) is 3. The third-order valence-electron chi connectivity index (χ3n) is 5.07. The molecular weight excluding hydrogens is 510 g/mol. The summed E-state index contributed by atoms with van der Waals surface area (Å²) < 4.78 is 13.1. The Labute approximate surface area is 226 Å². The zero-order valence-electron chi connectivity index (χ0n) is 22.6. The van der Waals surface area contributed by atoms with Crippen molar-refractivity contribution < 1.29 is 44.2 Å². The average molecular weight is 544 g/mol. The molecule has 3 aromatic rings. The molecule has 3 N–H and O–H groups in total. The Morgan fingerprint density at radius 2 is 0.692 bits per heavy atom. The van der Waals surface area contributed by atoms with Crippen LogP contribution in [-0.2, 0) is 14.2 Å². The van der Waals surface area contributed by atoms with Crippen molar-refractivity contribution in [2.24, 2.45) is 0 Å². The molecular formula is C27H33N3O9. The van der Waals surface area contributed by atoms with Crippen molar-refractivity contribution in [3.63, 3.8) is 0 Å². The lowest BCUT2D eigenvalue weighted by Gasteiger charge is -2.14. The van der Waals surface area contributed by atoms with E-state index in [0.717, 1.165) is 16.7 Å². The van der Waals surface area contributed by atoms with E-state index in [-0.39, 0.29) is 0 Å². The second-order valence-corrected chi connectivity index (χ2v) is 7.70. The normalized spacial score (nSPS) is 9.46. The highest BCUT2D eigenvalue weighted by atomic mass is 16.6. The van der Waals surface area contributed by atoms with E-state index in [1.54, 1.807) is 75.4 Å². The molecule has 3 aromatic carbocycles. The monoisotopic (exact) mass is 543 g/mol. The van der Waals surface area contributed by atoms with E-state index in [1.807, 2.05) is 18.2 Å². The van der Waals surface area contributed by atoms with Crippen molar-refractivity contribution >= 4 is 35.3 Å². The minimum atomic E-state index is -0.797. The number of amides is 3. The fourth-order valence-electron chi connectivity index (χ4n) is 2.96. The van der Waals surface area contributed by atoms with Gasteiger partial charge in [0.2, 0.25) is 0 Å². The zero-order valence-corrected chi connectivity index (χ0v) is 22.6. The molecule has 0 unspecified atom stereocenters. The molecule has 0 fully saturated rings. The summed E-state index contributed by atoms with van der Waals surface area (Å²) in [4.78, 5) is 32.8. The maximum Gasteiger partial charge on any atom is 0.438 e. The molecule has 0 spiro atoms. The Balaban J connectivity index is 0.000000292. The van der Waals surface area contributed by atoms with Crippen LogP contribution in [0.1, 0.15) is 16.7 Å². The van der Waals surface area contributed by atoms with Crippen LogP contribution >= 0.6 is 0 Å². The van der Waals surface area contributed by atoms with Crippen LogP contribution in [0.5, 0.6) is 0 Å². The van der Waals surface area contributed by atoms with E-state index < -0.39 is 18.3 Å². The van der Waals surface area contributed by atoms with E-state index in [9.17, 15) is 30.0 Å². The fourth-order valence-corrected chi connectivity index (χ4v) is 2.96. The maximum absolute atomic E-state index is 10.9. The van der Waals surface area contributed by atoms with E-state index in [4.69, 9.17) is 0 Å². The number of benzene rings is 3. The number of nitrogens with zero attached hydrogens (tertiary/aromatic N) is 3. The first-order valence-electron chi connectivity index (χ1n) is 11.4. The van der Waals surface area contributed by atoms with Gasteiger partial charge in [-0.05, 0) is 55.7 Å². The number of hydrogen-bond acceptors (Lipinski definition) is 9. The Morgan fingerprint density at radius 3 is 0.872 bits per heavy atom. The topological polar surface area (TPSA) is 149 Å². The Bertz CT molecular complexity index is 1090. The van der Waals surface area contributed by atoms with Crippen LogP contribution in [0, 0.1) is 20.8 Å². The first kappa shape index (κ1) is 32.4. The highest BCUT2D eigenvalue weighted by molar-refractivity contribution is 5.86. The molecule has 39 heavy (non-hydrogen) atoms. The predicted octanol–water partition coefficient (Wildman–Crippen LogP) is 5.87. The summed E-state index contributed by atoms with van der Waals surface area (Å²) in [6.07, 6.45) is -2.39. The number of ether oxygens (including phenoxy) is 3. The SMILES string of the molecule is COC(=O)N(O)c1ccccc1C.COC(=O)N(O)c1ccccc1C.COC(=O)N(O)c1ccccc1C. The average Bonchev–Trinajstić information content (AvgIpc) is 2.96. The smallest absolute Gasteiger partial charge is 0.438 e. The second-order valence-electron chi connectivity index (χ2n) is 7.70. The van der Waals surface area contributed by atoms with Crippen LogP contribution in [0.2, 0.25) is 0 Å². The minimum Gasteiger partial charge on any atom is -0.451 e.